The lowest BCUT2D eigenvalue weighted by atomic mass is 9.90. The number of carbonyl (C=O) groups is 1. The summed E-state index contributed by atoms with van der Waals surface area (Å²) < 4.78 is 1.96. The molecule has 0 radical (unpaired) electrons. The third kappa shape index (κ3) is 3.82. The lowest BCUT2D eigenvalue weighted by Crippen LogP contribution is -2.42. The predicted octanol–water partition coefficient (Wildman–Crippen LogP) is 2.53. The van der Waals surface area contributed by atoms with E-state index >= 15 is 0 Å². The van der Waals surface area contributed by atoms with Gasteiger partial charge in [-0.2, -0.15) is 5.10 Å². The van der Waals surface area contributed by atoms with Crippen LogP contribution in [0, 0.1) is 19.8 Å². The number of aromatic nitrogens is 2. The number of hydrogen-bond acceptors (Lipinski definition) is 3. The average Bonchev–Trinajstić information content (AvgIpc) is 2.73. The Morgan fingerprint density at radius 3 is 2.45 bits per heavy atom. The Balaban J connectivity index is 0.00000242. The molecule has 0 aliphatic carbocycles. The van der Waals surface area contributed by atoms with E-state index in [1.807, 2.05) is 23.4 Å². The highest BCUT2D eigenvalue weighted by molar-refractivity contribution is 5.96. The summed E-state index contributed by atoms with van der Waals surface area (Å²) in [7, 11) is 0. The molecule has 0 spiro atoms. The molecule has 0 aromatic carbocycles. The van der Waals surface area contributed by atoms with Crippen molar-refractivity contribution in [2.45, 2.75) is 59.5 Å². The fourth-order valence-corrected chi connectivity index (χ4v) is 3.22. The van der Waals surface area contributed by atoms with Crippen molar-refractivity contribution in [3.63, 3.8) is 0 Å². The minimum atomic E-state index is 0. The predicted molar refractivity (Wildman–Crippen MR) is 91.5 cm³/mol. The van der Waals surface area contributed by atoms with Gasteiger partial charge in [0.1, 0.15) is 0 Å². The molecule has 1 unspecified atom stereocenters. The molecule has 0 bridgehead atoms. The molecule has 2 rings (SSSR count). The Labute approximate surface area is 139 Å². The van der Waals surface area contributed by atoms with Crippen LogP contribution in [0.15, 0.2) is 0 Å². The van der Waals surface area contributed by atoms with E-state index < -0.39 is 0 Å². The second kappa shape index (κ2) is 7.97. The summed E-state index contributed by atoms with van der Waals surface area (Å²) in [4.78, 5) is 14.7. The summed E-state index contributed by atoms with van der Waals surface area (Å²) in [5.41, 5.74) is 8.60. The Morgan fingerprint density at radius 2 is 1.95 bits per heavy atom. The monoisotopic (exact) mass is 328 g/mol. The van der Waals surface area contributed by atoms with Crippen LogP contribution in [0.5, 0.6) is 0 Å². The summed E-state index contributed by atoms with van der Waals surface area (Å²) in [5, 5.41) is 4.51. The number of nitrogens with zero attached hydrogens (tertiary/aromatic N) is 3. The summed E-state index contributed by atoms with van der Waals surface area (Å²) in [6.45, 7) is 10.6. The Bertz CT molecular complexity index is 504. The second-order valence-corrected chi connectivity index (χ2v) is 6.26. The maximum atomic E-state index is 12.8. The van der Waals surface area contributed by atoms with Crippen molar-refractivity contribution in [1.29, 1.82) is 0 Å². The van der Waals surface area contributed by atoms with E-state index in [4.69, 9.17) is 5.73 Å². The van der Waals surface area contributed by atoms with Crippen LogP contribution >= 0.6 is 12.4 Å². The largest absolute Gasteiger partial charge is 0.339 e. The highest BCUT2D eigenvalue weighted by Crippen LogP contribution is 2.23. The van der Waals surface area contributed by atoms with Crippen LogP contribution in [0.4, 0.5) is 0 Å². The highest BCUT2D eigenvalue weighted by Gasteiger charge is 2.28. The summed E-state index contributed by atoms with van der Waals surface area (Å²) in [5.74, 6) is 0.675. The first kappa shape index (κ1) is 19.0. The molecule has 6 heteroatoms. The van der Waals surface area contributed by atoms with Crippen LogP contribution < -0.4 is 5.73 Å². The highest BCUT2D eigenvalue weighted by atomic mass is 35.5. The molecule has 5 nitrogen and oxygen atoms in total. The molecule has 1 saturated heterocycles. The van der Waals surface area contributed by atoms with E-state index in [1.54, 1.807) is 0 Å². The topological polar surface area (TPSA) is 64.2 Å². The zero-order chi connectivity index (χ0) is 15.6. The van der Waals surface area contributed by atoms with E-state index in [2.05, 4.69) is 18.9 Å². The quantitative estimate of drug-likeness (QED) is 0.923. The van der Waals surface area contributed by atoms with Crippen LogP contribution in [-0.4, -0.2) is 39.7 Å². The zero-order valence-corrected chi connectivity index (χ0v) is 14.9. The number of aryl methyl sites for hydroxylation is 2. The van der Waals surface area contributed by atoms with Gasteiger partial charge >= 0.3 is 0 Å². The van der Waals surface area contributed by atoms with Gasteiger partial charge in [-0.05, 0) is 46.0 Å². The first-order valence-electron chi connectivity index (χ1n) is 8.04. The van der Waals surface area contributed by atoms with Gasteiger partial charge in [0.25, 0.3) is 5.91 Å². The van der Waals surface area contributed by atoms with E-state index in [-0.39, 0.29) is 24.4 Å². The number of amides is 1. The van der Waals surface area contributed by atoms with Crippen LogP contribution in [-0.2, 0) is 6.54 Å². The van der Waals surface area contributed by atoms with E-state index in [9.17, 15) is 4.79 Å². The molecule has 2 N–H and O–H groups in total. The molecule has 1 aliphatic heterocycles. The van der Waals surface area contributed by atoms with Crippen molar-refractivity contribution in [1.82, 2.24) is 14.7 Å². The molecule has 0 saturated carbocycles. The number of hydrogen-bond donors (Lipinski definition) is 1. The molecule has 1 fully saturated rings. The number of piperidine rings is 1. The third-order valence-corrected chi connectivity index (χ3v) is 4.60. The molecule has 1 aliphatic rings. The molecule has 1 aromatic rings. The van der Waals surface area contributed by atoms with Gasteiger partial charge in [-0.3, -0.25) is 9.48 Å². The second-order valence-electron chi connectivity index (χ2n) is 6.26. The van der Waals surface area contributed by atoms with Gasteiger partial charge in [0.05, 0.1) is 11.3 Å². The maximum absolute atomic E-state index is 12.8. The number of rotatable bonds is 4. The summed E-state index contributed by atoms with van der Waals surface area (Å²) >= 11 is 0. The molecule has 1 amide bonds. The average molecular weight is 329 g/mol. The Kier molecular flexibility index (Phi) is 6.88. The Morgan fingerprint density at radius 1 is 1.36 bits per heavy atom. The molecule has 2 heterocycles. The minimum absolute atomic E-state index is 0. The summed E-state index contributed by atoms with van der Waals surface area (Å²) in [6, 6.07) is 0.220. The van der Waals surface area contributed by atoms with Crippen molar-refractivity contribution >= 4 is 18.3 Å². The van der Waals surface area contributed by atoms with Crippen molar-refractivity contribution in [2.75, 3.05) is 13.1 Å². The smallest absolute Gasteiger partial charge is 0.257 e. The molecule has 1 atom stereocenters. The zero-order valence-electron chi connectivity index (χ0n) is 14.1. The fourth-order valence-electron chi connectivity index (χ4n) is 3.22. The Hall–Kier alpha value is -1.07. The SMILES string of the molecule is CCCn1nc(C)c(C(=O)N2CCC(C(C)N)CC2)c1C.Cl. The van der Waals surface area contributed by atoms with Crippen molar-refractivity contribution in [2.24, 2.45) is 11.7 Å². The lowest BCUT2D eigenvalue weighted by molar-refractivity contribution is 0.0679. The first-order valence-corrected chi connectivity index (χ1v) is 8.04. The molecule has 22 heavy (non-hydrogen) atoms. The van der Waals surface area contributed by atoms with Crippen LogP contribution in [0.1, 0.15) is 54.9 Å². The van der Waals surface area contributed by atoms with Crippen LogP contribution in [0.2, 0.25) is 0 Å². The lowest BCUT2D eigenvalue weighted by Gasteiger charge is -2.33. The standard InChI is InChI=1S/C16H28N4O.ClH/c1-5-8-20-13(4)15(12(3)18-20)16(21)19-9-6-14(7-10-19)11(2)17;/h11,14H,5-10,17H2,1-4H3;1H. The number of halogens is 1. The van der Waals surface area contributed by atoms with E-state index in [0.717, 1.165) is 55.8 Å². The van der Waals surface area contributed by atoms with Crippen LogP contribution in [0.3, 0.4) is 0 Å². The van der Waals surface area contributed by atoms with Gasteiger partial charge in [-0.1, -0.05) is 6.92 Å². The number of likely N-dealkylation sites (tertiary alicyclic amines) is 1. The number of carbonyl (C=O) groups excluding carboxylic acids is 1. The van der Waals surface area contributed by atoms with Gasteiger partial charge in [0, 0.05) is 31.4 Å². The van der Waals surface area contributed by atoms with Crippen molar-refractivity contribution in [3.8, 4) is 0 Å². The maximum Gasteiger partial charge on any atom is 0.257 e. The molecule has 126 valence electrons. The van der Waals surface area contributed by atoms with Crippen molar-refractivity contribution in [3.05, 3.63) is 17.0 Å². The van der Waals surface area contributed by atoms with Crippen molar-refractivity contribution < 1.29 is 4.79 Å². The normalized spacial score (nSPS) is 17.2. The van der Waals surface area contributed by atoms with Gasteiger partial charge in [-0.15, -0.1) is 12.4 Å². The molecule has 1 aromatic heterocycles. The molecular formula is C16H29ClN4O. The van der Waals surface area contributed by atoms with E-state index in [0.29, 0.717) is 5.92 Å². The fraction of sp³-hybridized carbons (Fsp3) is 0.750. The first-order chi connectivity index (χ1) is 9.95. The van der Waals surface area contributed by atoms with E-state index in [1.165, 1.54) is 0 Å². The van der Waals surface area contributed by atoms with Gasteiger partial charge < -0.3 is 10.6 Å². The van der Waals surface area contributed by atoms with Gasteiger partial charge in [-0.25, -0.2) is 0 Å². The molecular weight excluding hydrogens is 300 g/mol. The third-order valence-electron chi connectivity index (χ3n) is 4.60. The number of nitrogens with two attached hydrogens (primary N) is 1. The summed E-state index contributed by atoms with van der Waals surface area (Å²) in [6.07, 6.45) is 3.03. The van der Waals surface area contributed by atoms with Gasteiger partial charge in [0.2, 0.25) is 0 Å². The minimum Gasteiger partial charge on any atom is -0.339 e. The van der Waals surface area contributed by atoms with Crippen LogP contribution in [0.25, 0.3) is 0 Å². The van der Waals surface area contributed by atoms with Gasteiger partial charge in [0.15, 0.2) is 0 Å².